The Hall–Kier alpha value is -0.0800. The molecule has 10 atom stereocenters. The summed E-state index contributed by atoms with van der Waals surface area (Å²) in [6.45, 7) is 12.4. The SMILES string of the molecule is CC(C)CCC[C@H](C)[C@H]1CC[C@H]2[C@@H]3[C@H](O)C[C@@H]4C[C@H](O)CC[C@]4(C)[C@H]3CC[C@]12C. The van der Waals surface area contributed by atoms with Crippen LogP contribution in [0, 0.1) is 52.3 Å². The third-order valence-electron chi connectivity index (χ3n) is 10.9. The smallest absolute Gasteiger partial charge is 0.0577 e. The van der Waals surface area contributed by atoms with Crippen molar-refractivity contribution in [3.63, 3.8) is 0 Å². The van der Waals surface area contributed by atoms with Crippen molar-refractivity contribution < 1.29 is 10.2 Å². The van der Waals surface area contributed by atoms with Crippen LogP contribution in [0.3, 0.4) is 0 Å². The molecule has 0 aromatic carbocycles. The molecule has 4 aliphatic rings. The summed E-state index contributed by atoms with van der Waals surface area (Å²) >= 11 is 0. The molecular formula is C27H48O2. The normalized spacial score (nSPS) is 50.7. The highest BCUT2D eigenvalue weighted by Crippen LogP contribution is 2.68. The number of rotatable bonds is 5. The molecule has 0 aliphatic heterocycles. The van der Waals surface area contributed by atoms with Gasteiger partial charge >= 0.3 is 0 Å². The van der Waals surface area contributed by atoms with Crippen molar-refractivity contribution in [2.24, 2.45) is 52.3 Å². The lowest BCUT2D eigenvalue weighted by Crippen LogP contribution is -2.58. The van der Waals surface area contributed by atoms with Gasteiger partial charge in [0, 0.05) is 0 Å². The summed E-state index contributed by atoms with van der Waals surface area (Å²) in [7, 11) is 0. The van der Waals surface area contributed by atoms with E-state index in [0.29, 0.717) is 28.6 Å². The van der Waals surface area contributed by atoms with Crippen LogP contribution in [0.5, 0.6) is 0 Å². The van der Waals surface area contributed by atoms with E-state index in [0.717, 1.165) is 42.9 Å². The van der Waals surface area contributed by atoms with Crippen molar-refractivity contribution in [3.05, 3.63) is 0 Å². The molecule has 0 radical (unpaired) electrons. The molecular weight excluding hydrogens is 356 g/mol. The van der Waals surface area contributed by atoms with Crippen molar-refractivity contribution >= 4 is 0 Å². The molecule has 0 spiro atoms. The first kappa shape index (κ1) is 22.1. The maximum absolute atomic E-state index is 11.4. The van der Waals surface area contributed by atoms with E-state index in [4.69, 9.17) is 0 Å². The van der Waals surface area contributed by atoms with E-state index >= 15 is 0 Å². The van der Waals surface area contributed by atoms with Gasteiger partial charge in [0.15, 0.2) is 0 Å². The zero-order valence-corrected chi connectivity index (χ0v) is 19.9. The predicted octanol–water partition coefficient (Wildman–Crippen LogP) is 6.44. The molecule has 0 bridgehead atoms. The monoisotopic (exact) mass is 404 g/mol. The lowest BCUT2D eigenvalue weighted by atomic mass is 9.43. The molecule has 4 aliphatic carbocycles. The standard InChI is InChI=1S/C27H48O2/c1-17(2)7-6-8-18(3)21-9-10-22-25-23(12-14-27(21,22)5)26(4)13-11-20(28)15-19(26)16-24(25)29/h17-25,28-29H,6-16H2,1-5H3/t18-,19-,20+,21+,22-,23-,24+,25-,26-,27+/m0/s1. The minimum absolute atomic E-state index is 0.131. The average Bonchev–Trinajstić information content (AvgIpc) is 3.00. The Labute approximate surface area is 180 Å². The minimum Gasteiger partial charge on any atom is -0.393 e. The molecule has 4 saturated carbocycles. The summed E-state index contributed by atoms with van der Waals surface area (Å²) in [6.07, 6.45) is 13.3. The molecule has 0 unspecified atom stereocenters. The van der Waals surface area contributed by atoms with Gasteiger partial charge in [-0.1, -0.05) is 53.9 Å². The van der Waals surface area contributed by atoms with Gasteiger partial charge in [-0.3, -0.25) is 0 Å². The molecule has 2 N–H and O–H groups in total. The fourth-order valence-corrected chi connectivity index (χ4v) is 9.22. The number of aliphatic hydroxyl groups is 2. The van der Waals surface area contributed by atoms with Gasteiger partial charge in [-0.2, -0.15) is 0 Å². The maximum atomic E-state index is 11.4. The van der Waals surface area contributed by atoms with E-state index in [1.807, 2.05) is 0 Å². The van der Waals surface area contributed by atoms with Gasteiger partial charge in [0.05, 0.1) is 12.2 Å². The Morgan fingerprint density at radius 2 is 1.52 bits per heavy atom. The molecule has 0 saturated heterocycles. The lowest BCUT2D eigenvalue weighted by molar-refractivity contribution is -0.174. The molecule has 0 heterocycles. The third-order valence-corrected chi connectivity index (χ3v) is 10.9. The van der Waals surface area contributed by atoms with Crippen LogP contribution >= 0.6 is 0 Å². The van der Waals surface area contributed by atoms with Crippen LogP contribution in [0.1, 0.15) is 105 Å². The molecule has 29 heavy (non-hydrogen) atoms. The maximum Gasteiger partial charge on any atom is 0.0577 e. The molecule has 4 rings (SSSR count). The summed E-state index contributed by atoms with van der Waals surface area (Å²) in [5.74, 6) is 4.94. The van der Waals surface area contributed by atoms with E-state index in [1.54, 1.807) is 0 Å². The van der Waals surface area contributed by atoms with Gasteiger partial charge < -0.3 is 10.2 Å². The lowest BCUT2D eigenvalue weighted by Gasteiger charge is -2.62. The van der Waals surface area contributed by atoms with Crippen molar-refractivity contribution in [1.82, 2.24) is 0 Å². The van der Waals surface area contributed by atoms with Crippen LogP contribution in [0.2, 0.25) is 0 Å². The molecule has 168 valence electrons. The average molecular weight is 405 g/mol. The van der Waals surface area contributed by atoms with E-state index in [1.165, 1.54) is 51.4 Å². The number of hydrogen-bond donors (Lipinski definition) is 2. The van der Waals surface area contributed by atoms with Gasteiger partial charge in [-0.25, -0.2) is 0 Å². The summed E-state index contributed by atoms with van der Waals surface area (Å²) in [4.78, 5) is 0. The Bertz CT molecular complexity index is 573. The van der Waals surface area contributed by atoms with Gasteiger partial charge in [0.1, 0.15) is 0 Å². The van der Waals surface area contributed by atoms with E-state index < -0.39 is 0 Å². The summed E-state index contributed by atoms with van der Waals surface area (Å²) in [5, 5.41) is 21.6. The highest BCUT2D eigenvalue weighted by molar-refractivity contribution is 5.11. The van der Waals surface area contributed by atoms with Crippen molar-refractivity contribution in [1.29, 1.82) is 0 Å². The van der Waals surface area contributed by atoms with Gasteiger partial charge in [0.2, 0.25) is 0 Å². The minimum atomic E-state index is -0.136. The van der Waals surface area contributed by atoms with Gasteiger partial charge in [-0.15, -0.1) is 0 Å². The number of aliphatic hydroxyl groups excluding tert-OH is 2. The van der Waals surface area contributed by atoms with Crippen molar-refractivity contribution in [2.75, 3.05) is 0 Å². The zero-order chi connectivity index (χ0) is 21.0. The van der Waals surface area contributed by atoms with Crippen LogP contribution in [-0.2, 0) is 0 Å². The summed E-state index contributed by atoms with van der Waals surface area (Å²) in [6, 6.07) is 0. The van der Waals surface area contributed by atoms with Crippen LogP contribution in [0.15, 0.2) is 0 Å². The van der Waals surface area contributed by atoms with Crippen molar-refractivity contribution in [2.45, 2.75) is 117 Å². The van der Waals surface area contributed by atoms with Gasteiger partial charge in [-0.05, 0) is 104 Å². The second-order valence-corrected chi connectivity index (χ2v) is 12.8. The second-order valence-electron chi connectivity index (χ2n) is 12.8. The Morgan fingerprint density at radius 1 is 0.828 bits per heavy atom. The van der Waals surface area contributed by atoms with Crippen LogP contribution in [0.4, 0.5) is 0 Å². The van der Waals surface area contributed by atoms with E-state index in [2.05, 4.69) is 34.6 Å². The molecule has 0 aromatic rings. The van der Waals surface area contributed by atoms with E-state index in [9.17, 15) is 10.2 Å². The van der Waals surface area contributed by atoms with Gasteiger partial charge in [0.25, 0.3) is 0 Å². The topological polar surface area (TPSA) is 40.5 Å². The highest BCUT2D eigenvalue weighted by Gasteiger charge is 2.62. The fourth-order valence-electron chi connectivity index (χ4n) is 9.22. The second kappa shape index (κ2) is 8.12. The van der Waals surface area contributed by atoms with Crippen LogP contribution in [0.25, 0.3) is 0 Å². The predicted molar refractivity (Wildman–Crippen MR) is 120 cm³/mol. The van der Waals surface area contributed by atoms with E-state index in [-0.39, 0.29) is 12.2 Å². The number of hydrogen-bond acceptors (Lipinski definition) is 2. The first-order chi connectivity index (χ1) is 13.7. The molecule has 0 amide bonds. The van der Waals surface area contributed by atoms with Crippen LogP contribution < -0.4 is 0 Å². The molecule has 4 fully saturated rings. The zero-order valence-electron chi connectivity index (χ0n) is 19.9. The Kier molecular flexibility index (Phi) is 6.19. The Balaban J connectivity index is 1.50. The first-order valence-corrected chi connectivity index (χ1v) is 13.0. The molecule has 2 heteroatoms. The summed E-state index contributed by atoms with van der Waals surface area (Å²) < 4.78 is 0. The highest BCUT2D eigenvalue weighted by atomic mass is 16.3. The fraction of sp³-hybridized carbons (Fsp3) is 1.00. The Morgan fingerprint density at radius 3 is 2.24 bits per heavy atom. The molecule has 2 nitrogen and oxygen atoms in total. The molecule has 0 aromatic heterocycles. The number of fused-ring (bicyclic) bond motifs is 5. The third kappa shape index (κ3) is 3.73. The van der Waals surface area contributed by atoms with Crippen molar-refractivity contribution in [3.8, 4) is 0 Å². The quantitative estimate of drug-likeness (QED) is 0.553. The first-order valence-electron chi connectivity index (χ1n) is 13.0. The largest absolute Gasteiger partial charge is 0.393 e. The summed E-state index contributed by atoms with van der Waals surface area (Å²) in [5.41, 5.74) is 0.794. The van der Waals surface area contributed by atoms with Crippen LogP contribution in [-0.4, -0.2) is 22.4 Å².